The highest BCUT2D eigenvalue weighted by molar-refractivity contribution is 5.79. The lowest BCUT2D eigenvalue weighted by Crippen LogP contribution is -2.24. The van der Waals surface area contributed by atoms with Crippen LogP contribution < -0.4 is 0 Å². The molecule has 0 saturated heterocycles. The molecule has 2 atom stereocenters. The standard InChI is InChI=1S/C6H10O4.CH4/c1-3(5(7)8)4(2)6(9)10;/h3-4H,1-2H3,(H,7,8)(H,9,10);1H4. The van der Waals surface area contributed by atoms with Crippen molar-refractivity contribution in [2.75, 3.05) is 0 Å². The van der Waals surface area contributed by atoms with Gasteiger partial charge in [-0.2, -0.15) is 0 Å². The van der Waals surface area contributed by atoms with Crippen LogP contribution in [0.3, 0.4) is 0 Å². The van der Waals surface area contributed by atoms with E-state index >= 15 is 0 Å². The van der Waals surface area contributed by atoms with Crippen LogP contribution in [0.25, 0.3) is 0 Å². The molecule has 0 bridgehead atoms. The summed E-state index contributed by atoms with van der Waals surface area (Å²) in [6.45, 7) is 2.75. The molecule has 0 aromatic rings. The van der Waals surface area contributed by atoms with E-state index in [4.69, 9.17) is 10.2 Å². The van der Waals surface area contributed by atoms with Crippen molar-refractivity contribution in [1.29, 1.82) is 0 Å². The first-order chi connectivity index (χ1) is 4.46. The van der Waals surface area contributed by atoms with E-state index in [1.54, 1.807) is 0 Å². The largest absolute Gasteiger partial charge is 0.481 e. The fraction of sp³-hybridized carbons (Fsp3) is 0.714. The van der Waals surface area contributed by atoms with Gasteiger partial charge in [-0.15, -0.1) is 0 Å². The summed E-state index contributed by atoms with van der Waals surface area (Å²) in [7, 11) is 0. The minimum Gasteiger partial charge on any atom is -0.481 e. The van der Waals surface area contributed by atoms with Crippen molar-refractivity contribution >= 4 is 11.9 Å². The first-order valence-corrected chi connectivity index (χ1v) is 2.92. The van der Waals surface area contributed by atoms with Gasteiger partial charge >= 0.3 is 11.9 Å². The second kappa shape index (κ2) is 4.71. The number of carbonyl (C=O) groups is 2. The maximum Gasteiger partial charge on any atom is 0.307 e. The molecule has 0 aliphatic rings. The zero-order valence-corrected chi connectivity index (χ0v) is 5.87. The lowest BCUT2D eigenvalue weighted by Gasteiger charge is -2.09. The van der Waals surface area contributed by atoms with Crippen molar-refractivity contribution in [2.45, 2.75) is 21.3 Å². The van der Waals surface area contributed by atoms with Crippen LogP contribution >= 0.6 is 0 Å². The van der Waals surface area contributed by atoms with E-state index < -0.39 is 23.8 Å². The van der Waals surface area contributed by atoms with Gasteiger partial charge in [0.2, 0.25) is 0 Å². The van der Waals surface area contributed by atoms with Crippen LogP contribution in [0.15, 0.2) is 0 Å². The number of aliphatic carboxylic acids is 2. The fourth-order valence-corrected chi connectivity index (χ4v) is 0.428. The Balaban J connectivity index is 0. The van der Waals surface area contributed by atoms with Gasteiger partial charge in [-0.05, 0) is 0 Å². The minimum absolute atomic E-state index is 0. The Labute approximate surface area is 65.8 Å². The van der Waals surface area contributed by atoms with E-state index in [1.807, 2.05) is 0 Å². The zero-order chi connectivity index (χ0) is 8.31. The first-order valence-electron chi connectivity index (χ1n) is 2.92. The van der Waals surface area contributed by atoms with Crippen molar-refractivity contribution in [3.8, 4) is 0 Å². The fourth-order valence-electron chi connectivity index (χ4n) is 0.428. The summed E-state index contributed by atoms with van der Waals surface area (Å²) in [6, 6.07) is 0. The van der Waals surface area contributed by atoms with Crippen LogP contribution in [0.1, 0.15) is 21.3 Å². The Kier molecular flexibility index (Phi) is 5.39. The van der Waals surface area contributed by atoms with Crippen molar-refractivity contribution < 1.29 is 19.8 Å². The van der Waals surface area contributed by atoms with Crippen molar-refractivity contribution in [3.05, 3.63) is 0 Å². The third-order valence-corrected chi connectivity index (χ3v) is 1.53. The Morgan fingerprint density at radius 3 is 1.27 bits per heavy atom. The summed E-state index contributed by atoms with van der Waals surface area (Å²) in [4.78, 5) is 20.4. The van der Waals surface area contributed by atoms with Crippen LogP contribution in [0.5, 0.6) is 0 Å². The second-order valence-electron chi connectivity index (χ2n) is 2.25. The molecule has 4 nitrogen and oxygen atoms in total. The Hall–Kier alpha value is -1.06. The Morgan fingerprint density at radius 2 is 1.18 bits per heavy atom. The molecule has 0 saturated carbocycles. The highest BCUT2D eigenvalue weighted by atomic mass is 16.4. The van der Waals surface area contributed by atoms with Gasteiger partial charge in [0.15, 0.2) is 0 Å². The van der Waals surface area contributed by atoms with Gasteiger partial charge in [0.25, 0.3) is 0 Å². The summed E-state index contributed by atoms with van der Waals surface area (Å²) < 4.78 is 0. The summed E-state index contributed by atoms with van der Waals surface area (Å²) in [5.41, 5.74) is 0. The lowest BCUT2D eigenvalue weighted by atomic mass is 9.97. The quantitative estimate of drug-likeness (QED) is 0.650. The molecule has 0 aromatic heterocycles. The van der Waals surface area contributed by atoms with Gasteiger partial charge in [0.05, 0.1) is 11.8 Å². The monoisotopic (exact) mass is 162 g/mol. The van der Waals surface area contributed by atoms with Crippen LogP contribution in [0, 0.1) is 11.8 Å². The summed E-state index contributed by atoms with van der Waals surface area (Å²) in [5.74, 6) is -3.79. The van der Waals surface area contributed by atoms with Gasteiger partial charge in [-0.3, -0.25) is 9.59 Å². The van der Waals surface area contributed by atoms with E-state index in [0.717, 1.165) is 0 Å². The minimum atomic E-state index is -1.07. The van der Waals surface area contributed by atoms with Crippen LogP contribution in [-0.4, -0.2) is 22.2 Å². The molecule has 66 valence electrons. The number of rotatable bonds is 3. The van der Waals surface area contributed by atoms with Gasteiger partial charge in [0.1, 0.15) is 0 Å². The number of hydrogen-bond donors (Lipinski definition) is 2. The van der Waals surface area contributed by atoms with Gasteiger partial charge in [-0.25, -0.2) is 0 Å². The maximum absolute atomic E-state index is 10.2. The molecule has 4 heteroatoms. The zero-order valence-electron chi connectivity index (χ0n) is 5.87. The topological polar surface area (TPSA) is 74.6 Å². The lowest BCUT2D eigenvalue weighted by molar-refractivity contribution is -0.152. The number of hydrogen-bond acceptors (Lipinski definition) is 2. The maximum atomic E-state index is 10.2. The highest BCUT2D eigenvalue weighted by Crippen LogP contribution is 2.10. The average Bonchev–Trinajstić information content (AvgIpc) is 1.84. The predicted molar refractivity (Wildman–Crippen MR) is 40.3 cm³/mol. The van der Waals surface area contributed by atoms with Gasteiger partial charge in [0, 0.05) is 0 Å². The van der Waals surface area contributed by atoms with Crippen LogP contribution in [0.2, 0.25) is 0 Å². The van der Waals surface area contributed by atoms with E-state index in [0.29, 0.717) is 0 Å². The molecular formula is C7H14O4. The average molecular weight is 162 g/mol. The second-order valence-corrected chi connectivity index (χ2v) is 2.25. The Bertz CT molecular complexity index is 135. The van der Waals surface area contributed by atoms with E-state index in [-0.39, 0.29) is 7.43 Å². The van der Waals surface area contributed by atoms with Crippen molar-refractivity contribution in [2.24, 2.45) is 11.8 Å². The molecule has 2 unspecified atom stereocenters. The molecule has 0 aliphatic heterocycles. The Morgan fingerprint density at radius 1 is 1.00 bits per heavy atom. The molecular weight excluding hydrogens is 148 g/mol. The smallest absolute Gasteiger partial charge is 0.307 e. The molecule has 0 aromatic carbocycles. The molecule has 0 spiro atoms. The summed E-state index contributed by atoms with van der Waals surface area (Å²) in [5, 5.41) is 16.7. The highest BCUT2D eigenvalue weighted by Gasteiger charge is 2.24. The SMILES string of the molecule is C.CC(C(=O)O)C(C)C(=O)O. The molecule has 11 heavy (non-hydrogen) atoms. The molecule has 2 N–H and O–H groups in total. The molecule has 0 aliphatic carbocycles. The third-order valence-electron chi connectivity index (χ3n) is 1.53. The van der Waals surface area contributed by atoms with Crippen LogP contribution in [0.4, 0.5) is 0 Å². The normalized spacial score (nSPS) is 14.4. The molecule has 0 rings (SSSR count). The van der Waals surface area contributed by atoms with Gasteiger partial charge < -0.3 is 10.2 Å². The molecule has 0 amide bonds. The van der Waals surface area contributed by atoms with Gasteiger partial charge in [-0.1, -0.05) is 21.3 Å². The number of carboxylic acid groups (broad SMARTS) is 2. The van der Waals surface area contributed by atoms with E-state index in [2.05, 4.69) is 0 Å². The van der Waals surface area contributed by atoms with Crippen molar-refractivity contribution in [1.82, 2.24) is 0 Å². The molecule has 0 fully saturated rings. The number of carboxylic acids is 2. The summed E-state index contributed by atoms with van der Waals surface area (Å²) in [6.07, 6.45) is 0. The first kappa shape index (κ1) is 12.6. The van der Waals surface area contributed by atoms with E-state index in [1.165, 1.54) is 13.8 Å². The van der Waals surface area contributed by atoms with Crippen LogP contribution in [-0.2, 0) is 9.59 Å². The predicted octanol–water partition coefficient (Wildman–Crippen LogP) is 1.06. The molecule has 0 heterocycles. The third kappa shape index (κ3) is 3.60. The van der Waals surface area contributed by atoms with E-state index in [9.17, 15) is 9.59 Å². The molecule has 0 radical (unpaired) electrons. The van der Waals surface area contributed by atoms with Crippen molar-refractivity contribution in [3.63, 3.8) is 0 Å². The summed E-state index contributed by atoms with van der Waals surface area (Å²) >= 11 is 0.